The molecule has 1 aromatic heterocycles. The van der Waals surface area contributed by atoms with Gasteiger partial charge in [0, 0.05) is 21.9 Å². The zero-order chi connectivity index (χ0) is 13.7. The molecule has 0 atom stereocenters. The molecule has 2 aliphatic carbocycles. The highest BCUT2D eigenvalue weighted by Gasteiger charge is 2.43. The Morgan fingerprint density at radius 1 is 1.25 bits per heavy atom. The van der Waals surface area contributed by atoms with Crippen LogP contribution in [0.4, 0.5) is 0 Å². The van der Waals surface area contributed by atoms with E-state index in [4.69, 9.17) is 16.6 Å². The molecule has 0 amide bonds. The lowest BCUT2D eigenvalue weighted by Crippen LogP contribution is -2.16. The van der Waals surface area contributed by atoms with Crippen LogP contribution < -0.4 is 0 Å². The standard InChI is InChI=1S/C16H18ClIN2/c17-8-7-15-19-13-9-12(18)5-6-14(13)20(15)16(10-1-2-10)11-3-4-11/h5-6,9-11,16H,1-4,7-8H2. The van der Waals surface area contributed by atoms with Crippen molar-refractivity contribution < 1.29 is 0 Å². The highest BCUT2D eigenvalue weighted by atomic mass is 127. The van der Waals surface area contributed by atoms with Gasteiger partial charge in [0.2, 0.25) is 0 Å². The number of aryl methyl sites for hydroxylation is 1. The number of benzene rings is 1. The normalized spacial score (nSPS) is 19.1. The molecule has 4 heteroatoms. The number of hydrogen-bond donors (Lipinski definition) is 0. The number of halogens is 2. The summed E-state index contributed by atoms with van der Waals surface area (Å²) in [4.78, 5) is 4.88. The van der Waals surface area contributed by atoms with Crippen LogP contribution in [-0.4, -0.2) is 15.4 Å². The molecule has 2 aliphatic rings. The predicted molar refractivity (Wildman–Crippen MR) is 91.4 cm³/mol. The summed E-state index contributed by atoms with van der Waals surface area (Å²) < 4.78 is 3.80. The van der Waals surface area contributed by atoms with Crippen LogP contribution in [-0.2, 0) is 6.42 Å². The maximum absolute atomic E-state index is 6.01. The third-order valence-corrected chi connectivity index (χ3v) is 5.41. The molecular weight excluding hydrogens is 383 g/mol. The van der Waals surface area contributed by atoms with Gasteiger partial charge in [0.05, 0.1) is 11.0 Å². The minimum atomic E-state index is 0.655. The number of nitrogens with zero attached hydrogens (tertiary/aromatic N) is 2. The lowest BCUT2D eigenvalue weighted by Gasteiger charge is -2.21. The fourth-order valence-corrected chi connectivity index (χ4v) is 4.04. The molecule has 0 spiro atoms. The Labute approximate surface area is 138 Å². The monoisotopic (exact) mass is 400 g/mol. The summed E-state index contributed by atoms with van der Waals surface area (Å²) in [7, 11) is 0. The molecule has 0 radical (unpaired) electrons. The minimum Gasteiger partial charge on any atom is -0.324 e. The van der Waals surface area contributed by atoms with E-state index in [1.54, 1.807) is 0 Å². The number of hydrogen-bond acceptors (Lipinski definition) is 1. The topological polar surface area (TPSA) is 17.8 Å². The Bertz CT molecular complexity index is 631. The van der Waals surface area contributed by atoms with Gasteiger partial charge in [-0.1, -0.05) is 0 Å². The van der Waals surface area contributed by atoms with Crippen LogP contribution in [0, 0.1) is 15.4 Å². The molecular formula is C16H18ClIN2. The van der Waals surface area contributed by atoms with E-state index < -0.39 is 0 Å². The van der Waals surface area contributed by atoms with Crippen molar-refractivity contribution in [3.8, 4) is 0 Å². The van der Waals surface area contributed by atoms with Gasteiger partial charge >= 0.3 is 0 Å². The Hall–Kier alpha value is -0.290. The van der Waals surface area contributed by atoms with Crippen LogP contribution in [0.15, 0.2) is 18.2 Å². The number of imidazole rings is 1. The second-order valence-electron chi connectivity index (χ2n) is 6.14. The van der Waals surface area contributed by atoms with Gasteiger partial charge < -0.3 is 4.57 Å². The van der Waals surface area contributed by atoms with Crippen LogP contribution in [0.5, 0.6) is 0 Å². The van der Waals surface area contributed by atoms with Gasteiger partial charge in [0.15, 0.2) is 0 Å². The van der Waals surface area contributed by atoms with Gasteiger partial charge in [-0.3, -0.25) is 0 Å². The SMILES string of the molecule is ClCCc1nc2cc(I)ccc2n1C(C1CC1)C1CC1. The molecule has 1 heterocycles. The van der Waals surface area contributed by atoms with Crippen molar-refractivity contribution in [1.82, 2.24) is 9.55 Å². The summed E-state index contributed by atoms with van der Waals surface area (Å²) >= 11 is 8.37. The van der Waals surface area contributed by atoms with E-state index in [-0.39, 0.29) is 0 Å². The van der Waals surface area contributed by atoms with Crippen molar-refractivity contribution in [2.24, 2.45) is 11.8 Å². The Balaban J connectivity index is 1.87. The van der Waals surface area contributed by atoms with Gasteiger partial charge in [-0.2, -0.15) is 0 Å². The highest BCUT2D eigenvalue weighted by molar-refractivity contribution is 14.1. The molecule has 0 saturated heterocycles. The molecule has 0 bridgehead atoms. The summed E-state index contributed by atoms with van der Waals surface area (Å²) in [5.74, 6) is 3.62. The molecule has 0 unspecified atom stereocenters. The van der Waals surface area contributed by atoms with Crippen molar-refractivity contribution >= 4 is 45.2 Å². The number of aromatic nitrogens is 2. The van der Waals surface area contributed by atoms with Crippen LogP contribution in [0.25, 0.3) is 11.0 Å². The fourth-order valence-electron chi connectivity index (χ4n) is 3.40. The average molecular weight is 401 g/mol. The quantitative estimate of drug-likeness (QED) is 0.521. The molecule has 20 heavy (non-hydrogen) atoms. The first-order valence-electron chi connectivity index (χ1n) is 7.50. The predicted octanol–water partition coefficient (Wildman–Crippen LogP) is 4.78. The first kappa shape index (κ1) is 13.4. The zero-order valence-corrected chi connectivity index (χ0v) is 14.3. The molecule has 2 saturated carbocycles. The van der Waals surface area contributed by atoms with Crippen molar-refractivity contribution in [2.45, 2.75) is 38.1 Å². The van der Waals surface area contributed by atoms with E-state index >= 15 is 0 Å². The third-order valence-electron chi connectivity index (χ3n) is 4.55. The molecule has 106 valence electrons. The number of alkyl halides is 1. The van der Waals surface area contributed by atoms with Gasteiger partial charge in [-0.15, -0.1) is 11.6 Å². The van der Waals surface area contributed by atoms with Crippen LogP contribution in [0.2, 0.25) is 0 Å². The molecule has 2 aromatic rings. The maximum atomic E-state index is 6.01. The van der Waals surface area contributed by atoms with Crippen LogP contribution in [0.1, 0.15) is 37.5 Å². The molecule has 4 rings (SSSR count). The van der Waals surface area contributed by atoms with Crippen molar-refractivity contribution in [3.05, 3.63) is 27.6 Å². The number of rotatable bonds is 5. The van der Waals surface area contributed by atoms with E-state index in [2.05, 4.69) is 45.4 Å². The second-order valence-corrected chi connectivity index (χ2v) is 7.76. The molecule has 1 aromatic carbocycles. The van der Waals surface area contributed by atoms with E-state index in [0.29, 0.717) is 11.9 Å². The Morgan fingerprint density at radius 3 is 2.55 bits per heavy atom. The van der Waals surface area contributed by atoms with Crippen LogP contribution in [0.3, 0.4) is 0 Å². The fraction of sp³-hybridized carbons (Fsp3) is 0.562. The van der Waals surface area contributed by atoms with Gasteiger partial charge in [0.25, 0.3) is 0 Å². The smallest absolute Gasteiger partial charge is 0.111 e. The maximum Gasteiger partial charge on any atom is 0.111 e. The second kappa shape index (κ2) is 5.16. The first-order valence-corrected chi connectivity index (χ1v) is 9.11. The highest BCUT2D eigenvalue weighted by Crippen LogP contribution is 2.53. The molecule has 2 fully saturated rings. The van der Waals surface area contributed by atoms with Crippen molar-refractivity contribution in [1.29, 1.82) is 0 Å². The summed E-state index contributed by atoms with van der Waals surface area (Å²) in [6.07, 6.45) is 6.46. The van der Waals surface area contributed by atoms with Gasteiger partial charge in [-0.05, 0) is 78.3 Å². The van der Waals surface area contributed by atoms with Crippen LogP contribution >= 0.6 is 34.2 Å². The third kappa shape index (κ3) is 2.37. The summed E-state index contributed by atoms with van der Waals surface area (Å²) in [6, 6.07) is 7.32. The lowest BCUT2D eigenvalue weighted by atomic mass is 10.1. The van der Waals surface area contributed by atoms with Gasteiger partial charge in [0.1, 0.15) is 5.82 Å². The summed E-state index contributed by atoms with van der Waals surface area (Å²) in [6.45, 7) is 0. The Morgan fingerprint density at radius 2 is 1.95 bits per heavy atom. The zero-order valence-electron chi connectivity index (χ0n) is 11.4. The summed E-state index contributed by atoms with van der Waals surface area (Å²) in [5.41, 5.74) is 2.46. The lowest BCUT2D eigenvalue weighted by molar-refractivity contribution is 0.393. The van der Waals surface area contributed by atoms with E-state index in [9.17, 15) is 0 Å². The average Bonchev–Trinajstić information content (AvgIpc) is 3.31. The minimum absolute atomic E-state index is 0.655. The number of fused-ring (bicyclic) bond motifs is 1. The van der Waals surface area contributed by atoms with E-state index in [1.807, 2.05) is 0 Å². The van der Waals surface area contributed by atoms with Crippen molar-refractivity contribution in [3.63, 3.8) is 0 Å². The largest absolute Gasteiger partial charge is 0.324 e. The van der Waals surface area contributed by atoms with Crippen molar-refractivity contribution in [2.75, 3.05) is 5.88 Å². The Kier molecular flexibility index (Phi) is 3.45. The first-order chi connectivity index (χ1) is 9.78. The van der Waals surface area contributed by atoms with E-state index in [0.717, 1.165) is 23.8 Å². The van der Waals surface area contributed by atoms with Gasteiger partial charge in [-0.25, -0.2) is 4.98 Å². The molecule has 0 aliphatic heterocycles. The van der Waals surface area contributed by atoms with E-state index in [1.165, 1.54) is 40.6 Å². The molecule has 2 nitrogen and oxygen atoms in total. The summed E-state index contributed by atoms with van der Waals surface area (Å²) in [5, 5.41) is 0. The molecule has 0 N–H and O–H groups in total.